The summed E-state index contributed by atoms with van der Waals surface area (Å²) in [6.45, 7) is 2.06. The molecule has 13 heavy (non-hydrogen) atoms. The fourth-order valence-electron chi connectivity index (χ4n) is 1.34. The van der Waals surface area contributed by atoms with E-state index in [1.807, 2.05) is 24.3 Å². The molecule has 1 aromatic carbocycles. The summed E-state index contributed by atoms with van der Waals surface area (Å²) in [5.41, 5.74) is 3.26. The summed E-state index contributed by atoms with van der Waals surface area (Å²) in [6.07, 6.45) is 1.74. The second kappa shape index (κ2) is 2.94. The Labute approximate surface area is 76.8 Å². The molecule has 2 rings (SSSR count). The van der Waals surface area contributed by atoms with Crippen LogP contribution in [0.4, 0.5) is 0 Å². The Bertz CT molecular complexity index is 418. The van der Waals surface area contributed by atoms with E-state index in [4.69, 9.17) is 5.84 Å². The van der Waals surface area contributed by atoms with Gasteiger partial charge in [-0.05, 0) is 18.6 Å². The van der Waals surface area contributed by atoms with Gasteiger partial charge in [-0.25, -0.2) is 0 Å². The normalized spacial score (nSPS) is 10.2. The first-order valence-electron chi connectivity index (χ1n) is 4.14. The van der Waals surface area contributed by atoms with Crippen LogP contribution in [0.25, 0.3) is 11.3 Å². The third kappa shape index (κ3) is 1.40. The van der Waals surface area contributed by atoms with Gasteiger partial charge in [0.05, 0.1) is 5.69 Å². The highest BCUT2D eigenvalue weighted by Gasteiger charge is 2.02. The van der Waals surface area contributed by atoms with E-state index in [2.05, 4.69) is 18.1 Å². The summed E-state index contributed by atoms with van der Waals surface area (Å²) in [4.78, 5) is 1.32. The molecule has 66 valence electrons. The van der Waals surface area contributed by atoms with Crippen molar-refractivity contribution in [2.75, 3.05) is 5.84 Å². The maximum atomic E-state index is 5.47. The summed E-state index contributed by atoms with van der Waals surface area (Å²) in [6, 6.07) is 10.0. The smallest absolute Gasteiger partial charge is 0.0946 e. The van der Waals surface area contributed by atoms with Crippen molar-refractivity contribution >= 4 is 0 Å². The maximum absolute atomic E-state index is 5.47. The van der Waals surface area contributed by atoms with Gasteiger partial charge in [0.1, 0.15) is 0 Å². The summed E-state index contributed by atoms with van der Waals surface area (Å²) in [5, 5.41) is 4.14. The Balaban J connectivity index is 2.52. The van der Waals surface area contributed by atoms with Gasteiger partial charge in [0.15, 0.2) is 0 Å². The molecule has 3 heteroatoms. The van der Waals surface area contributed by atoms with E-state index >= 15 is 0 Å². The summed E-state index contributed by atoms with van der Waals surface area (Å²) < 4.78 is 0. The van der Waals surface area contributed by atoms with E-state index in [-0.39, 0.29) is 0 Å². The van der Waals surface area contributed by atoms with E-state index in [9.17, 15) is 0 Å². The highest BCUT2D eigenvalue weighted by molar-refractivity contribution is 5.62. The second-order valence-electron chi connectivity index (χ2n) is 3.00. The first kappa shape index (κ1) is 7.86. The van der Waals surface area contributed by atoms with Crippen molar-refractivity contribution in [1.82, 2.24) is 9.89 Å². The first-order valence-corrected chi connectivity index (χ1v) is 4.14. The molecule has 0 bridgehead atoms. The van der Waals surface area contributed by atoms with Crippen LogP contribution in [0.15, 0.2) is 36.5 Å². The van der Waals surface area contributed by atoms with Crippen LogP contribution >= 0.6 is 0 Å². The van der Waals surface area contributed by atoms with Gasteiger partial charge in [0.2, 0.25) is 0 Å². The Morgan fingerprint density at radius 2 is 2.00 bits per heavy atom. The summed E-state index contributed by atoms with van der Waals surface area (Å²) in [5.74, 6) is 5.47. The molecule has 0 atom stereocenters. The summed E-state index contributed by atoms with van der Waals surface area (Å²) >= 11 is 0. The number of nitrogens with zero attached hydrogens (tertiary/aromatic N) is 2. The average molecular weight is 173 g/mol. The van der Waals surface area contributed by atoms with Gasteiger partial charge >= 0.3 is 0 Å². The Morgan fingerprint density at radius 1 is 1.23 bits per heavy atom. The lowest BCUT2D eigenvalue weighted by Gasteiger charge is -2.00. The maximum Gasteiger partial charge on any atom is 0.0946 e. The van der Waals surface area contributed by atoms with Crippen molar-refractivity contribution < 1.29 is 0 Å². The molecule has 0 aliphatic carbocycles. The molecule has 0 unspecified atom stereocenters. The van der Waals surface area contributed by atoms with E-state index in [0.29, 0.717) is 0 Å². The Kier molecular flexibility index (Phi) is 1.77. The van der Waals surface area contributed by atoms with Crippen molar-refractivity contribution in [3.8, 4) is 11.3 Å². The zero-order valence-electron chi connectivity index (χ0n) is 7.44. The second-order valence-corrected chi connectivity index (χ2v) is 3.00. The highest BCUT2D eigenvalue weighted by Crippen LogP contribution is 2.19. The van der Waals surface area contributed by atoms with Crippen LogP contribution in [0.5, 0.6) is 0 Å². The van der Waals surface area contributed by atoms with Crippen LogP contribution < -0.4 is 5.84 Å². The van der Waals surface area contributed by atoms with E-state index in [1.54, 1.807) is 6.20 Å². The molecule has 0 saturated carbocycles. The first-order chi connectivity index (χ1) is 6.27. The van der Waals surface area contributed by atoms with Gasteiger partial charge in [-0.1, -0.05) is 24.3 Å². The zero-order valence-corrected chi connectivity index (χ0v) is 7.44. The number of aromatic nitrogens is 2. The van der Waals surface area contributed by atoms with Crippen LogP contribution in [-0.4, -0.2) is 9.89 Å². The van der Waals surface area contributed by atoms with Crippen LogP contribution in [0.2, 0.25) is 0 Å². The number of nitrogen functional groups attached to an aromatic ring is 1. The van der Waals surface area contributed by atoms with Crippen molar-refractivity contribution in [2.24, 2.45) is 0 Å². The Morgan fingerprint density at radius 3 is 2.62 bits per heavy atom. The molecule has 0 fully saturated rings. The average Bonchev–Trinajstić information content (AvgIpc) is 2.53. The largest absolute Gasteiger partial charge is 0.323 e. The van der Waals surface area contributed by atoms with E-state index < -0.39 is 0 Å². The molecule has 1 heterocycles. The predicted molar refractivity (Wildman–Crippen MR) is 52.6 cm³/mol. The van der Waals surface area contributed by atoms with E-state index in [0.717, 1.165) is 11.3 Å². The van der Waals surface area contributed by atoms with Gasteiger partial charge < -0.3 is 5.84 Å². The lowest BCUT2D eigenvalue weighted by atomic mass is 10.1. The van der Waals surface area contributed by atoms with Gasteiger partial charge in [-0.2, -0.15) is 9.89 Å². The molecule has 0 aliphatic rings. The Hall–Kier alpha value is -1.77. The topological polar surface area (TPSA) is 43.8 Å². The van der Waals surface area contributed by atoms with Gasteiger partial charge in [-0.15, -0.1) is 0 Å². The fraction of sp³-hybridized carbons (Fsp3) is 0.100. The predicted octanol–water partition coefficient (Wildman–Crippen LogP) is 1.57. The van der Waals surface area contributed by atoms with E-state index in [1.165, 1.54) is 10.4 Å². The lowest BCUT2D eigenvalue weighted by Crippen LogP contribution is -2.07. The fourth-order valence-corrected chi connectivity index (χ4v) is 1.34. The zero-order chi connectivity index (χ0) is 9.26. The van der Waals surface area contributed by atoms with Gasteiger partial charge in [0, 0.05) is 11.8 Å². The standard InChI is InChI=1S/C10H11N3/c1-8-4-2-3-5-9(8)10-6-7-13(11)12-10/h2-7H,11H2,1H3. The minimum absolute atomic E-state index is 0.917. The quantitative estimate of drug-likeness (QED) is 0.665. The minimum Gasteiger partial charge on any atom is -0.323 e. The summed E-state index contributed by atoms with van der Waals surface area (Å²) in [7, 11) is 0. The highest BCUT2D eigenvalue weighted by atomic mass is 15.5. The third-order valence-corrected chi connectivity index (χ3v) is 2.03. The molecule has 2 aromatic rings. The lowest BCUT2D eigenvalue weighted by molar-refractivity contribution is 0.835. The molecule has 3 nitrogen and oxygen atoms in total. The molecule has 0 radical (unpaired) electrons. The molecule has 1 aromatic heterocycles. The van der Waals surface area contributed by atoms with Crippen molar-refractivity contribution in [2.45, 2.75) is 6.92 Å². The van der Waals surface area contributed by atoms with Crippen molar-refractivity contribution in [3.05, 3.63) is 42.1 Å². The number of hydrogen-bond acceptors (Lipinski definition) is 2. The van der Waals surface area contributed by atoms with Crippen LogP contribution in [0.1, 0.15) is 5.56 Å². The molecule has 0 aliphatic heterocycles. The molecular formula is C10H11N3. The third-order valence-electron chi connectivity index (χ3n) is 2.03. The number of hydrogen-bond donors (Lipinski definition) is 1. The molecule has 0 amide bonds. The minimum atomic E-state index is 0.917. The van der Waals surface area contributed by atoms with Crippen LogP contribution in [-0.2, 0) is 0 Å². The SMILES string of the molecule is Cc1ccccc1-c1ccn(N)n1. The number of rotatable bonds is 1. The molecule has 0 saturated heterocycles. The van der Waals surface area contributed by atoms with Crippen molar-refractivity contribution in [1.29, 1.82) is 0 Å². The van der Waals surface area contributed by atoms with Gasteiger partial charge in [0.25, 0.3) is 0 Å². The number of nitrogens with two attached hydrogens (primary N) is 1. The van der Waals surface area contributed by atoms with Crippen LogP contribution in [0.3, 0.4) is 0 Å². The van der Waals surface area contributed by atoms with Gasteiger partial charge in [-0.3, -0.25) is 0 Å². The van der Waals surface area contributed by atoms with Crippen LogP contribution in [0, 0.1) is 6.92 Å². The van der Waals surface area contributed by atoms with Crippen molar-refractivity contribution in [3.63, 3.8) is 0 Å². The number of benzene rings is 1. The molecule has 2 N–H and O–H groups in total. The monoisotopic (exact) mass is 173 g/mol. The number of aryl methyl sites for hydroxylation is 1. The molecular weight excluding hydrogens is 162 g/mol. The molecule has 0 spiro atoms.